The number of nitrogens with zero attached hydrogens (tertiary/aromatic N) is 1. The van der Waals surface area contributed by atoms with E-state index in [2.05, 4.69) is 29.2 Å². The molecule has 0 heterocycles. The fourth-order valence-corrected chi connectivity index (χ4v) is 4.79. The van der Waals surface area contributed by atoms with Gasteiger partial charge in [-0.05, 0) is 68.5 Å². The van der Waals surface area contributed by atoms with Gasteiger partial charge in [-0.15, -0.1) is 12.4 Å². The fraction of sp³-hybridized carbons (Fsp3) is 0.650. The van der Waals surface area contributed by atoms with E-state index in [1.807, 2.05) is 0 Å². The molecule has 0 bridgehead atoms. The van der Waals surface area contributed by atoms with Crippen molar-refractivity contribution < 1.29 is 4.79 Å². The monoisotopic (exact) mass is 348 g/mol. The first-order valence-corrected chi connectivity index (χ1v) is 9.39. The van der Waals surface area contributed by atoms with Crippen LogP contribution in [0.1, 0.15) is 62.1 Å². The molecule has 2 fully saturated rings. The van der Waals surface area contributed by atoms with Crippen LogP contribution in [0.5, 0.6) is 0 Å². The van der Waals surface area contributed by atoms with Gasteiger partial charge in [-0.2, -0.15) is 0 Å². The molecular weight excluding hydrogens is 320 g/mol. The third-order valence-electron chi connectivity index (χ3n) is 6.15. The summed E-state index contributed by atoms with van der Waals surface area (Å²) in [5, 5.41) is 0. The second-order valence-electron chi connectivity index (χ2n) is 7.62. The summed E-state index contributed by atoms with van der Waals surface area (Å²) in [6.07, 6.45) is 9.19. The van der Waals surface area contributed by atoms with Gasteiger partial charge in [-0.3, -0.25) is 4.79 Å². The highest BCUT2D eigenvalue weighted by Crippen LogP contribution is 2.44. The number of nitrogens with two attached hydrogens (primary N) is 1. The van der Waals surface area contributed by atoms with Crippen LogP contribution in [0, 0.1) is 11.8 Å². The van der Waals surface area contributed by atoms with Gasteiger partial charge in [0.25, 0.3) is 0 Å². The summed E-state index contributed by atoms with van der Waals surface area (Å²) in [7, 11) is 0. The van der Waals surface area contributed by atoms with Gasteiger partial charge in [0.2, 0.25) is 5.91 Å². The zero-order valence-electron chi connectivity index (χ0n) is 14.3. The lowest BCUT2D eigenvalue weighted by atomic mass is 9.85. The molecule has 1 amide bonds. The van der Waals surface area contributed by atoms with E-state index in [1.54, 1.807) is 0 Å². The number of amides is 1. The minimum Gasteiger partial charge on any atom is -0.332 e. The van der Waals surface area contributed by atoms with Crippen molar-refractivity contribution in [3.63, 3.8) is 0 Å². The number of rotatable bonds is 4. The SMILES string of the molecule is Cl.NC[C@H]1CCC[C@H]1C(=O)N(C1CC1)C1CCCc2ccccc21. The zero-order chi connectivity index (χ0) is 15.8. The topological polar surface area (TPSA) is 46.3 Å². The predicted octanol–water partition coefficient (Wildman–Crippen LogP) is 3.85. The summed E-state index contributed by atoms with van der Waals surface area (Å²) >= 11 is 0. The third kappa shape index (κ3) is 3.21. The van der Waals surface area contributed by atoms with Crippen LogP contribution in [0.15, 0.2) is 24.3 Å². The number of carbonyl (C=O) groups is 1. The average Bonchev–Trinajstić information content (AvgIpc) is 3.30. The number of aryl methyl sites for hydroxylation is 1. The lowest BCUT2D eigenvalue weighted by Crippen LogP contribution is -2.43. The number of hydrogen-bond acceptors (Lipinski definition) is 2. The van der Waals surface area contributed by atoms with Crippen molar-refractivity contribution in [3.8, 4) is 0 Å². The fourth-order valence-electron chi connectivity index (χ4n) is 4.79. The molecule has 0 saturated heterocycles. The van der Waals surface area contributed by atoms with Gasteiger partial charge in [0, 0.05) is 12.0 Å². The van der Waals surface area contributed by atoms with E-state index in [1.165, 1.54) is 30.4 Å². The molecule has 3 nitrogen and oxygen atoms in total. The molecule has 4 rings (SSSR count). The molecule has 0 aliphatic heterocycles. The first-order valence-electron chi connectivity index (χ1n) is 9.39. The van der Waals surface area contributed by atoms with Crippen molar-refractivity contribution in [2.24, 2.45) is 17.6 Å². The Hall–Kier alpha value is -1.06. The predicted molar refractivity (Wildman–Crippen MR) is 99.1 cm³/mol. The van der Waals surface area contributed by atoms with Gasteiger partial charge in [0.15, 0.2) is 0 Å². The van der Waals surface area contributed by atoms with Crippen LogP contribution < -0.4 is 5.73 Å². The summed E-state index contributed by atoms with van der Waals surface area (Å²) in [4.78, 5) is 15.7. The molecule has 2 N–H and O–H groups in total. The minimum absolute atomic E-state index is 0. The van der Waals surface area contributed by atoms with Crippen molar-refractivity contribution >= 4 is 18.3 Å². The number of halogens is 1. The molecule has 2 saturated carbocycles. The van der Waals surface area contributed by atoms with E-state index in [0.717, 1.165) is 32.1 Å². The highest BCUT2D eigenvalue weighted by atomic mass is 35.5. The molecular formula is C20H29ClN2O. The van der Waals surface area contributed by atoms with Gasteiger partial charge in [-0.1, -0.05) is 30.7 Å². The molecule has 1 unspecified atom stereocenters. The van der Waals surface area contributed by atoms with Crippen molar-refractivity contribution in [2.75, 3.05) is 6.54 Å². The lowest BCUT2D eigenvalue weighted by Gasteiger charge is -2.38. The Labute approximate surface area is 151 Å². The van der Waals surface area contributed by atoms with E-state index in [4.69, 9.17) is 5.73 Å². The maximum Gasteiger partial charge on any atom is 0.226 e. The first-order chi connectivity index (χ1) is 11.3. The summed E-state index contributed by atoms with van der Waals surface area (Å²) in [5.41, 5.74) is 8.79. The van der Waals surface area contributed by atoms with Crippen molar-refractivity contribution in [2.45, 2.75) is 63.5 Å². The number of fused-ring (bicyclic) bond motifs is 1. The van der Waals surface area contributed by atoms with Crippen LogP contribution in [-0.2, 0) is 11.2 Å². The molecule has 0 radical (unpaired) electrons. The van der Waals surface area contributed by atoms with Crippen LogP contribution in [0.25, 0.3) is 0 Å². The highest BCUT2D eigenvalue weighted by molar-refractivity contribution is 5.85. The van der Waals surface area contributed by atoms with Crippen molar-refractivity contribution in [1.29, 1.82) is 0 Å². The molecule has 3 aliphatic carbocycles. The van der Waals surface area contributed by atoms with Crippen LogP contribution >= 0.6 is 12.4 Å². The van der Waals surface area contributed by atoms with E-state index >= 15 is 0 Å². The molecule has 3 atom stereocenters. The maximum absolute atomic E-state index is 13.4. The van der Waals surface area contributed by atoms with Crippen LogP contribution in [0.2, 0.25) is 0 Å². The Morgan fingerprint density at radius 1 is 1.08 bits per heavy atom. The first kappa shape index (κ1) is 17.8. The van der Waals surface area contributed by atoms with Crippen molar-refractivity contribution in [1.82, 2.24) is 4.90 Å². The number of hydrogen-bond donors (Lipinski definition) is 1. The van der Waals surface area contributed by atoms with E-state index in [-0.39, 0.29) is 18.3 Å². The number of carbonyl (C=O) groups excluding carboxylic acids is 1. The largest absolute Gasteiger partial charge is 0.332 e. The molecule has 3 aliphatic rings. The summed E-state index contributed by atoms with van der Waals surface area (Å²) in [6, 6.07) is 9.54. The van der Waals surface area contributed by atoms with Crippen LogP contribution in [0.3, 0.4) is 0 Å². The molecule has 0 spiro atoms. The molecule has 0 aromatic heterocycles. The standard InChI is InChI=1S/C20H28N2O.ClH/c21-13-15-7-3-9-18(15)20(23)22(16-11-12-16)19-10-4-6-14-5-1-2-8-17(14)19;/h1-2,5,8,15-16,18-19H,3-4,6-7,9-13,21H2;1H/t15-,18-,19?;/m1./s1. The number of benzene rings is 1. The Kier molecular flexibility index (Phi) is 5.51. The highest BCUT2D eigenvalue weighted by Gasteiger charge is 2.44. The molecule has 132 valence electrons. The Balaban J connectivity index is 0.00000169. The Bertz CT molecular complexity index is 587. The normalized spacial score (nSPS) is 28.8. The van der Waals surface area contributed by atoms with E-state index < -0.39 is 0 Å². The maximum atomic E-state index is 13.4. The second kappa shape index (κ2) is 7.45. The van der Waals surface area contributed by atoms with Crippen LogP contribution in [0.4, 0.5) is 0 Å². The zero-order valence-corrected chi connectivity index (χ0v) is 15.1. The summed E-state index contributed by atoms with van der Waals surface area (Å²) in [6.45, 7) is 0.663. The molecule has 1 aromatic carbocycles. The average molecular weight is 349 g/mol. The summed E-state index contributed by atoms with van der Waals surface area (Å²) < 4.78 is 0. The van der Waals surface area contributed by atoms with Gasteiger partial charge in [0.05, 0.1) is 6.04 Å². The van der Waals surface area contributed by atoms with Gasteiger partial charge < -0.3 is 10.6 Å². The minimum atomic E-state index is 0. The van der Waals surface area contributed by atoms with Gasteiger partial charge in [0.1, 0.15) is 0 Å². The van der Waals surface area contributed by atoms with E-state index in [9.17, 15) is 4.79 Å². The second-order valence-corrected chi connectivity index (χ2v) is 7.62. The van der Waals surface area contributed by atoms with E-state index in [0.29, 0.717) is 30.5 Å². The third-order valence-corrected chi connectivity index (χ3v) is 6.15. The lowest BCUT2D eigenvalue weighted by molar-refractivity contribution is -0.140. The molecule has 24 heavy (non-hydrogen) atoms. The van der Waals surface area contributed by atoms with Gasteiger partial charge in [-0.25, -0.2) is 0 Å². The molecule has 1 aromatic rings. The summed E-state index contributed by atoms with van der Waals surface area (Å²) in [5.74, 6) is 0.986. The van der Waals surface area contributed by atoms with Crippen molar-refractivity contribution in [3.05, 3.63) is 35.4 Å². The Morgan fingerprint density at radius 2 is 1.88 bits per heavy atom. The van der Waals surface area contributed by atoms with Crippen LogP contribution in [-0.4, -0.2) is 23.4 Å². The smallest absolute Gasteiger partial charge is 0.226 e. The molecule has 4 heteroatoms. The quantitative estimate of drug-likeness (QED) is 0.898. The Morgan fingerprint density at radius 3 is 2.62 bits per heavy atom. The van der Waals surface area contributed by atoms with Gasteiger partial charge >= 0.3 is 0 Å².